The van der Waals surface area contributed by atoms with Crippen LogP contribution in [0.3, 0.4) is 0 Å². The smallest absolute Gasteiger partial charge is 0.263 e. The monoisotopic (exact) mass is 444 g/mol. The third kappa shape index (κ3) is 4.35. The van der Waals surface area contributed by atoms with E-state index in [1.165, 1.54) is 6.20 Å². The molecule has 9 nitrogen and oxygen atoms in total. The van der Waals surface area contributed by atoms with E-state index in [2.05, 4.69) is 20.4 Å². The number of anilines is 1. The van der Waals surface area contributed by atoms with Crippen molar-refractivity contribution in [2.24, 2.45) is 0 Å². The van der Waals surface area contributed by atoms with E-state index >= 15 is 0 Å². The van der Waals surface area contributed by atoms with Crippen molar-refractivity contribution in [1.29, 1.82) is 0 Å². The summed E-state index contributed by atoms with van der Waals surface area (Å²) in [5.74, 6) is 0.313. The van der Waals surface area contributed by atoms with Crippen LogP contribution in [0, 0.1) is 0 Å². The lowest BCUT2D eigenvalue weighted by molar-refractivity contribution is 0.346. The van der Waals surface area contributed by atoms with Gasteiger partial charge < -0.3 is 5.32 Å². The molecule has 10 heteroatoms. The molecule has 0 saturated carbocycles. The van der Waals surface area contributed by atoms with Crippen molar-refractivity contribution in [2.45, 2.75) is 57.0 Å². The quantitative estimate of drug-likeness (QED) is 0.626. The van der Waals surface area contributed by atoms with Crippen molar-refractivity contribution in [2.75, 3.05) is 18.4 Å². The highest BCUT2D eigenvalue weighted by Crippen LogP contribution is 2.22. The van der Waals surface area contributed by atoms with E-state index in [4.69, 9.17) is 0 Å². The third-order valence-corrected chi connectivity index (χ3v) is 7.28. The second-order valence-corrected chi connectivity index (χ2v) is 10.8. The van der Waals surface area contributed by atoms with Gasteiger partial charge in [0.25, 0.3) is 5.56 Å². The molecule has 0 bridgehead atoms. The van der Waals surface area contributed by atoms with Gasteiger partial charge in [-0.05, 0) is 51.3 Å². The molecule has 3 aromatic rings. The van der Waals surface area contributed by atoms with Crippen LogP contribution in [0.5, 0.6) is 0 Å². The number of rotatable bonds is 5. The topological polar surface area (TPSA) is 113 Å². The highest BCUT2D eigenvalue weighted by Gasteiger charge is 2.26. The van der Waals surface area contributed by atoms with Crippen molar-refractivity contribution in [1.82, 2.24) is 24.1 Å². The van der Waals surface area contributed by atoms with Crippen LogP contribution in [0.15, 0.2) is 40.2 Å². The van der Waals surface area contributed by atoms with Crippen LogP contribution in [0.25, 0.3) is 11.0 Å². The van der Waals surface area contributed by atoms with Crippen LogP contribution < -0.4 is 10.9 Å². The van der Waals surface area contributed by atoms with Crippen LogP contribution in [-0.4, -0.2) is 45.6 Å². The molecule has 0 radical (unpaired) electrons. The number of hydrogen-bond donors (Lipinski definition) is 2. The molecule has 0 atom stereocenters. The van der Waals surface area contributed by atoms with E-state index in [-0.39, 0.29) is 16.0 Å². The maximum atomic E-state index is 12.9. The Hall–Kier alpha value is -2.72. The SMILES string of the molecule is CC(C)(C)n1ncc2c(=O)[nH]c(NCc3cccc(S(=O)(=O)N4CCCCC4)c3)nc21. The number of aromatic nitrogens is 4. The van der Waals surface area contributed by atoms with Gasteiger partial charge in [0.05, 0.1) is 16.6 Å². The first-order valence-corrected chi connectivity index (χ1v) is 11.9. The van der Waals surface area contributed by atoms with Gasteiger partial charge in [-0.3, -0.25) is 9.78 Å². The lowest BCUT2D eigenvalue weighted by Crippen LogP contribution is -2.35. The molecule has 1 aliphatic rings. The summed E-state index contributed by atoms with van der Waals surface area (Å²) < 4.78 is 29.2. The number of nitrogens with one attached hydrogen (secondary N) is 2. The summed E-state index contributed by atoms with van der Waals surface area (Å²) in [7, 11) is -3.50. The van der Waals surface area contributed by atoms with Gasteiger partial charge >= 0.3 is 0 Å². The molecule has 1 saturated heterocycles. The van der Waals surface area contributed by atoms with Gasteiger partial charge in [0.15, 0.2) is 5.65 Å². The number of aromatic amines is 1. The molecule has 166 valence electrons. The first-order chi connectivity index (χ1) is 14.7. The van der Waals surface area contributed by atoms with Crippen LogP contribution in [0.4, 0.5) is 5.95 Å². The zero-order valence-electron chi connectivity index (χ0n) is 18.1. The fraction of sp³-hybridized carbons (Fsp3) is 0.476. The van der Waals surface area contributed by atoms with E-state index in [1.54, 1.807) is 27.2 Å². The number of sulfonamides is 1. The summed E-state index contributed by atoms with van der Waals surface area (Å²) >= 11 is 0. The molecule has 1 aliphatic heterocycles. The molecule has 0 spiro atoms. The fourth-order valence-electron chi connectivity index (χ4n) is 3.75. The van der Waals surface area contributed by atoms with Crippen molar-refractivity contribution in [3.63, 3.8) is 0 Å². The molecular formula is C21H28N6O3S. The summed E-state index contributed by atoms with van der Waals surface area (Å²) in [5.41, 5.74) is 0.687. The number of piperidine rings is 1. The molecule has 3 heterocycles. The van der Waals surface area contributed by atoms with Crippen LogP contribution in [0.2, 0.25) is 0 Å². The number of H-pyrrole nitrogens is 1. The first-order valence-electron chi connectivity index (χ1n) is 10.5. The molecular weight excluding hydrogens is 416 g/mol. The van der Waals surface area contributed by atoms with Crippen molar-refractivity contribution in [3.8, 4) is 0 Å². The highest BCUT2D eigenvalue weighted by molar-refractivity contribution is 7.89. The largest absolute Gasteiger partial charge is 0.352 e. The lowest BCUT2D eigenvalue weighted by Gasteiger charge is -2.26. The number of benzene rings is 1. The van der Waals surface area contributed by atoms with Gasteiger partial charge in [0.1, 0.15) is 5.39 Å². The molecule has 0 aliphatic carbocycles. The van der Waals surface area contributed by atoms with E-state index in [1.807, 2.05) is 26.8 Å². The van der Waals surface area contributed by atoms with Crippen LogP contribution in [0.1, 0.15) is 45.6 Å². The minimum Gasteiger partial charge on any atom is -0.352 e. The van der Waals surface area contributed by atoms with Gasteiger partial charge in [-0.15, -0.1) is 0 Å². The van der Waals surface area contributed by atoms with E-state index in [0.29, 0.717) is 36.6 Å². The van der Waals surface area contributed by atoms with Crippen LogP contribution in [-0.2, 0) is 22.1 Å². The molecule has 31 heavy (non-hydrogen) atoms. The van der Waals surface area contributed by atoms with Gasteiger partial charge in [0.2, 0.25) is 16.0 Å². The minimum absolute atomic E-state index is 0.274. The predicted octanol–water partition coefficient (Wildman–Crippen LogP) is 2.66. The second kappa shape index (κ2) is 8.08. The first kappa shape index (κ1) is 21.5. The lowest BCUT2D eigenvalue weighted by atomic mass is 10.1. The molecule has 4 rings (SSSR count). The van der Waals surface area contributed by atoms with Gasteiger partial charge in [-0.25, -0.2) is 13.1 Å². The Balaban J connectivity index is 1.57. The van der Waals surface area contributed by atoms with E-state index in [0.717, 1.165) is 24.8 Å². The Bertz CT molecular complexity index is 1250. The van der Waals surface area contributed by atoms with Gasteiger partial charge in [0, 0.05) is 19.6 Å². The summed E-state index contributed by atoms with van der Waals surface area (Å²) in [4.78, 5) is 20.0. The molecule has 1 aromatic carbocycles. The fourth-order valence-corrected chi connectivity index (χ4v) is 5.34. The highest BCUT2D eigenvalue weighted by atomic mass is 32.2. The standard InChI is InChI=1S/C21H28N6O3S/c1-21(2,3)27-18-17(14-23-27)19(28)25-20(24-18)22-13-15-8-7-9-16(12-15)31(29,30)26-10-5-4-6-11-26/h7-9,12,14H,4-6,10-11,13H2,1-3H3,(H2,22,24,25,28). The number of fused-ring (bicyclic) bond motifs is 1. The average Bonchev–Trinajstić information content (AvgIpc) is 3.18. The zero-order valence-corrected chi connectivity index (χ0v) is 18.9. The molecule has 2 aromatic heterocycles. The summed E-state index contributed by atoms with van der Waals surface area (Å²) in [5, 5.41) is 7.84. The Morgan fingerprint density at radius 3 is 2.61 bits per heavy atom. The third-order valence-electron chi connectivity index (χ3n) is 5.38. The second-order valence-electron chi connectivity index (χ2n) is 8.84. The van der Waals surface area contributed by atoms with E-state index in [9.17, 15) is 13.2 Å². The van der Waals surface area contributed by atoms with E-state index < -0.39 is 10.0 Å². The Labute approximate surface area is 181 Å². The van der Waals surface area contributed by atoms with Crippen molar-refractivity contribution in [3.05, 3.63) is 46.4 Å². The maximum absolute atomic E-state index is 12.9. The van der Waals surface area contributed by atoms with Gasteiger partial charge in [-0.1, -0.05) is 18.6 Å². The summed E-state index contributed by atoms with van der Waals surface area (Å²) in [6.07, 6.45) is 4.38. The van der Waals surface area contributed by atoms with Gasteiger partial charge in [-0.2, -0.15) is 14.4 Å². The Kier molecular flexibility index (Phi) is 5.61. The summed E-state index contributed by atoms with van der Waals surface area (Å²) in [6, 6.07) is 6.88. The Morgan fingerprint density at radius 1 is 1.16 bits per heavy atom. The normalized spacial score (nSPS) is 16.0. The van der Waals surface area contributed by atoms with Crippen molar-refractivity contribution >= 4 is 27.0 Å². The van der Waals surface area contributed by atoms with Crippen LogP contribution >= 0.6 is 0 Å². The number of nitrogens with zero attached hydrogens (tertiary/aromatic N) is 4. The predicted molar refractivity (Wildman–Crippen MR) is 120 cm³/mol. The molecule has 1 fully saturated rings. The average molecular weight is 445 g/mol. The Morgan fingerprint density at radius 2 is 1.90 bits per heavy atom. The molecule has 0 amide bonds. The summed E-state index contributed by atoms with van der Waals surface area (Å²) in [6.45, 7) is 7.42. The molecule has 2 N–H and O–H groups in total. The maximum Gasteiger partial charge on any atom is 0.263 e. The zero-order chi connectivity index (χ0) is 22.2. The number of hydrogen-bond acceptors (Lipinski definition) is 6. The van der Waals surface area contributed by atoms with Crippen molar-refractivity contribution < 1.29 is 8.42 Å². The minimum atomic E-state index is -3.50. The molecule has 0 unspecified atom stereocenters.